The number of fused-ring (bicyclic) bond motifs is 5. The smallest absolute Gasteiger partial charge is 0.338 e. The van der Waals surface area contributed by atoms with E-state index in [1.54, 1.807) is 83.1 Å². The normalized spacial score (nSPS) is 33.7. The largest absolute Gasteiger partial charge is 0.457 e. The van der Waals surface area contributed by atoms with Gasteiger partial charge >= 0.3 is 23.9 Å². The van der Waals surface area contributed by atoms with Crippen molar-refractivity contribution >= 4 is 35.6 Å². The van der Waals surface area contributed by atoms with Gasteiger partial charge in [-0.2, -0.15) is 0 Å². The number of rotatable bonds is 9. The Balaban J connectivity index is 1.51. The highest BCUT2D eigenvalue weighted by atomic mass is 16.6. The molecule has 0 aromatic heterocycles. The molecule has 14 nitrogen and oxygen atoms in total. The van der Waals surface area contributed by atoms with Gasteiger partial charge in [-0.1, -0.05) is 50.2 Å². The second-order valence-electron chi connectivity index (χ2n) is 16.6. The Bertz CT molecular complexity index is 1980. The minimum Gasteiger partial charge on any atom is -0.457 e. The van der Waals surface area contributed by atoms with E-state index in [4.69, 9.17) is 23.7 Å². The summed E-state index contributed by atoms with van der Waals surface area (Å²) in [5, 5.41) is 28.4. The van der Waals surface area contributed by atoms with Crippen molar-refractivity contribution in [2.45, 2.75) is 116 Å². The zero-order valence-electron chi connectivity index (χ0n) is 33.4. The zero-order chi connectivity index (χ0) is 41.8. The van der Waals surface area contributed by atoms with Crippen molar-refractivity contribution in [3.8, 4) is 0 Å². The van der Waals surface area contributed by atoms with Gasteiger partial charge in [0.05, 0.1) is 35.5 Å². The second-order valence-corrected chi connectivity index (χ2v) is 16.6. The molecule has 6 rings (SSSR count). The van der Waals surface area contributed by atoms with Crippen molar-refractivity contribution in [2.75, 3.05) is 6.61 Å². The van der Waals surface area contributed by atoms with Crippen LogP contribution in [0.4, 0.5) is 0 Å². The van der Waals surface area contributed by atoms with Crippen molar-refractivity contribution < 1.29 is 62.7 Å². The van der Waals surface area contributed by atoms with Crippen LogP contribution in [-0.4, -0.2) is 100 Å². The molecule has 3 aliphatic carbocycles. The molecule has 306 valence electrons. The van der Waals surface area contributed by atoms with Gasteiger partial charge in [-0.25, -0.2) is 4.79 Å². The maximum atomic E-state index is 15.4. The summed E-state index contributed by atoms with van der Waals surface area (Å²) >= 11 is 0. The van der Waals surface area contributed by atoms with Crippen LogP contribution in [-0.2, 0) is 42.9 Å². The maximum absolute atomic E-state index is 15.4. The van der Waals surface area contributed by atoms with Gasteiger partial charge in [-0.3, -0.25) is 24.0 Å². The molecule has 4 aliphatic rings. The van der Waals surface area contributed by atoms with Crippen LogP contribution in [0.25, 0.3) is 0 Å². The van der Waals surface area contributed by atoms with Crippen molar-refractivity contribution in [3.05, 3.63) is 82.9 Å². The Hall–Kier alpha value is -4.92. The van der Waals surface area contributed by atoms with Crippen LogP contribution in [0.3, 0.4) is 0 Å². The molecule has 2 bridgehead atoms. The first-order valence-corrected chi connectivity index (χ1v) is 19.2. The van der Waals surface area contributed by atoms with Gasteiger partial charge < -0.3 is 39.2 Å². The number of Topliss-reactive ketones (excluding diaryl/α,β-unsaturated/α-hetero) is 1. The number of aliphatic hydroxyl groups excluding tert-OH is 1. The molecule has 1 saturated heterocycles. The van der Waals surface area contributed by atoms with E-state index >= 15 is 4.79 Å². The first kappa shape index (κ1) is 41.7. The molecule has 3 N–H and O–H groups in total. The molecule has 2 aromatic carbocycles. The molecule has 2 saturated carbocycles. The SMILES string of the molecule is CC(=O)O[C@H]1C(=O)[C@@]2(C)[C@H]([C@H](OC(=O)c3ccccc3)[C@]3(O)C[C@H](OC(=O)C(C)[C@H](C)NC(=O)c4ccccc4)C(C)=C1C3(C)C)[C@]1(OC(C)=O)CO[C@@H]1C[C@@H]2O. The number of ketones is 1. The minimum atomic E-state index is -2.27. The molecule has 3 fully saturated rings. The molecular formula is C43H51NO13. The van der Waals surface area contributed by atoms with Crippen molar-refractivity contribution in [2.24, 2.45) is 22.7 Å². The van der Waals surface area contributed by atoms with Crippen molar-refractivity contribution in [1.82, 2.24) is 5.32 Å². The van der Waals surface area contributed by atoms with E-state index in [1.807, 2.05) is 0 Å². The lowest BCUT2D eigenvalue weighted by molar-refractivity contribution is -0.346. The van der Waals surface area contributed by atoms with E-state index in [1.165, 1.54) is 26.0 Å². The maximum Gasteiger partial charge on any atom is 0.338 e. The number of hydrogen-bond donors (Lipinski definition) is 3. The highest BCUT2D eigenvalue weighted by Gasteiger charge is 2.78. The number of ether oxygens (including phenoxy) is 5. The number of esters is 4. The molecule has 14 heteroatoms. The lowest BCUT2D eigenvalue weighted by Crippen LogP contribution is -2.82. The fourth-order valence-corrected chi connectivity index (χ4v) is 9.47. The van der Waals surface area contributed by atoms with E-state index in [0.29, 0.717) is 11.1 Å². The molecule has 1 amide bonds. The summed E-state index contributed by atoms with van der Waals surface area (Å²) in [7, 11) is 0. The summed E-state index contributed by atoms with van der Waals surface area (Å²) in [5.74, 6) is -6.83. The Morgan fingerprint density at radius 2 is 1.47 bits per heavy atom. The van der Waals surface area contributed by atoms with Gasteiger partial charge in [0, 0.05) is 43.7 Å². The van der Waals surface area contributed by atoms with Crippen LogP contribution in [0.1, 0.15) is 88.9 Å². The summed E-state index contributed by atoms with van der Waals surface area (Å²) in [6.07, 6.45) is -7.82. The molecule has 2 aromatic rings. The molecule has 57 heavy (non-hydrogen) atoms. The van der Waals surface area contributed by atoms with Gasteiger partial charge in [-0.15, -0.1) is 0 Å². The molecule has 1 heterocycles. The predicted octanol–water partition coefficient (Wildman–Crippen LogP) is 3.66. The number of nitrogens with one attached hydrogen (secondary N) is 1. The Labute approximate surface area is 331 Å². The molecule has 0 radical (unpaired) electrons. The first-order valence-electron chi connectivity index (χ1n) is 19.2. The number of carbonyl (C=O) groups is 6. The van der Waals surface area contributed by atoms with Crippen molar-refractivity contribution in [1.29, 1.82) is 0 Å². The average Bonchev–Trinajstić information content (AvgIpc) is 3.15. The highest BCUT2D eigenvalue weighted by molar-refractivity contribution is 5.96. The third kappa shape index (κ3) is 6.84. The number of benzene rings is 2. The number of hydrogen-bond acceptors (Lipinski definition) is 13. The van der Waals surface area contributed by atoms with Crippen LogP contribution in [0.15, 0.2) is 71.8 Å². The lowest BCUT2D eigenvalue weighted by atomic mass is 9.44. The number of carbonyl (C=O) groups excluding carboxylic acids is 6. The van der Waals surface area contributed by atoms with E-state index in [2.05, 4.69) is 5.32 Å². The average molecular weight is 790 g/mol. The molecule has 11 atom stereocenters. The summed E-state index contributed by atoms with van der Waals surface area (Å²) in [4.78, 5) is 82.3. The molecule has 0 spiro atoms. The predicted molar refractivity (Wildman–Crippen MR) is 201 cm³/mol. The fourth-order valence-electron chi connectivity index (χ4n) is 9.47. The summed E-state index contributed by atoms with van der Waals surface area (Å²) in [6.45, 7) is 11.5. The van der Waals surface area contributed by atoms with E-state index in [9.17, 15) is 34.2 Å². The summed E-state index contributed by atoms with van der Waals surface area (Å²) in [6, 6.07) is 15.7. The quantitative estimate of drug-likeness (QED) is 0.189. The van der Waals surface area contributed by atoms with Gasteiger partial charge in [0.1, 0.15) is 23.9 Å². The number of aliphatic hydroxyl groups is 2. The minimum absolute atomic E-state index is 0.0912. The summed E-state index contributed by atoms with van der Waals surface area (Å²) < 4.78 is 30.3. The fraction of sp³-hybridized carbons (Fsp3) is 0.535. The number of amides is 1. The Kier molecular flexibility index (Phi) is 11.1. The van der Waals surface area contributed by atoms with Gasteiger partial charge in [0.25, 0.3) is 5.91 Å². The van der Waals surface area contributed by atoms with Crippen LogP contribution in [0, 0.1) is 22.7 Å². The van der Waals surface area contributed by atoms with E-state index in [0.717, 1.165) is 6.92 Å². The lowest BCUT2D eigenvalue weighted by Gasteiger charge is -2.67. The monoisotopic (exact) mass is 789 g/mol. The first-order chi connectivity index (χ1) is 26.7. The third-order valence-corrected chi connectivity index (χ3v) is 13.0. The van der Waals surface area contributed by atoms with Gasteiger partial charge in [0.2, 0.25) is 0 Å². The van der Waals surface area contributed by atoms with E-state index < -0.39 is 112 Å². The summed E-state index contributed by atoms with van der Waals surface area (Å²) in [5.41, 5.74) is -6.66. The van der Waals surface area contributed by atoms with Crippen molar-refractivity contribution in [3.63, 3.8) is 0 Å². The van der Waals surface area contributed by atoms with Crippen LogP contribution >= 0.6 is 0 Å². The standard InChI is InChI=1S/C43H51NO13/c1-22(24(3)44-37(49)27-15-11-9-12-16-27)38(50)55-29-20-43(52)36(56-39(51)28-17-13-10-14-18-28)34-41(8,30(47)19-31-42(34,21-53-31)57-26(5)46)35(48)33(54-25(4)45)32(23(29)2)40(43,6)7/h9-18,22,24,29-31,33-34,36,47,52H,19-21H2,1-8H3,(H,44,49)/t22?,24-,29-,30-,31+,33+,34-,36-,41+,42-,43+/m0/s1. The third-order valence-electron chi connectivity index (χ3n) is 13.0. The van der Waals surface area contributed by atoms with Gasteiger partial charge in [-0.05, 0) is 63.1 Å². The van der Waals surface area contributed by atoms with Crippen LogP contribution < -0.4 is 5.32 Å². The highest BCUT2D eigenvalue weighted by Crippen LogP contribution is 2.64. The zero-order valence-corrected chi connectivity index (χ0v) is 33.4. The van der Waals surface area contributed by atoms with Crippen LogP contribution in [0.2, 0.25) is 0 Å². The van der Waals surface area contributed by atoms with Gasteiger partial charge in [0.15, 0.2) is 17.5 Å². The Morgan fingerprint density at radius 3 is 2.02 bits per heavy atom. The molecule has 1 aliphatic heterocycles. The van der Waals surface area contributed by atoms with Crippen LogP contribution in [0.5, 0.6) is 0 Å². The molecule has 1 unspecified atom stereocenters. The Morgan fingerprint density at radius 1 is 0.877 bits per heavy atom. The molecular weight excluding hydrogens is 738 g/mol. The second kappa shape index (κ2) is 15.1. The van der Waals surface area contributed by atoms with E-state index in [-0.39, 0.29) is 24.2 Å². The topological polar surface area (TPSA) is 201 Å².